The van der Waals surface area contributed by atoms with Crippen molar-refractivity contribution in [1.82, 2.24) is 9.55 Å². The molecular weight excluding hydrogens is 299 g/mol. The van der Waals surface area contributed by atoms with Crippen LogP contribution in [-0.4, -0.2) is 31.8 Å². The maximum Gasteiger partial charge on any atom is 0.351 e. The summed E-state index contributed by atoms with van der Waals surface area (Å²) in [5.41, 5.74) is -0.434. The molecule has 116 valence electrons. The van der Waals surface area contributed by atoms with Gasteiger partial charge in [0.15, 0.2) is 0 Å². The zero-order valence-electron chi connectivity index (χ0n) is 11.4. The molecule has 0 aliphatic heterocycles. The van der Waals surface area contributed by atoms with Gasteiger partial charge in [0.25, 0.3) is 5.56 Å². The first-order valence-corrected chi connectivity index (χ1v) is 8.22. The second-order valence-electron chi connectivity index (χ2n) is 5.01. The third-order valence-electron chi connectivity index (χ3n) is 3.25. The Hall–Kier alpha value is -1.47. The second-order valence-corrected chi connectivity index (χ2v) is 6.59. The molecule has 0 aromatic carbocycles. The summed E-state index contributed by atoms with van der Waals surface area (Å²) in [6.45, 7) is 1.62. The van der Waals surface area contributed by atoms with E-state index < -0.39 is 25.2 Å². The predicted octanol–water partition coefficient (Wildman–Crippen LogP) is 0.257. The SMILES string of the molecule is Cc1cn([C@@H]2C=C[C@H](OCP(=O)(O)O)CC2)c(=O)[nH]c1=O. The Morgan fingerprint density at radius 1 is 1.38 bits per heavy atom. The molecule has 0 bridgehead atoms. The summed E-state index contributed by atoms with van der Waals surface area (Å²) in [4.78, 5) is 42.8. The molecule has 9 heteroatoms. The molecule has 0 fully saturated rings. The third-order valence-corrected chi connectivity index (χ3v) is 3.74. The number of aromatic nitrogens is 2. The van der Waals surface area contributed by atoms with Crippen LogP contribution in [0.1, 0.15) is 24.4 Å². The molecule has 2 rings (SSSR count). The van der Waals surface area contributed by atoms with E-state index in [2.05, 4.69) is 4.98 Å². The molecule has 3 N–H and O–H groups in total. The lowest BCUT2D eigenvalue weighted by molar-refractivity contribution is 0.0933. The summed E-state index contributed by atoms with van der Waals surface area (Å²) in [6.07, 6.45) is 5.04. The first kappa shape index (κ1) is 15.9. The van der Waals surface area contributed by atoms with Crippen LogP contribution in [0.2, 0.25) is 0 Å². The van der Waals surface area contributed by atoms with E-state index in [-0.39, 0.29) is 12.1 Å². The van der Waals surface area contributed by atoms with Gasteiger partial charge in [0.1, 0.15) is 6.35 Å². The lowest BCUT2D eigenvalue weighted by atomic mass is 10.0. The van der Waals surface area contributed by atoms with Crippen LogP contribution in [0.4, 0.5) is 0 Å². The van der Waals surface area contributed by atoms with Gasteiger partial charge in [-0.2, -0.15) is 0 Å². The maximum absolute atomic E-state index is 11.8. The zero-order valence-corrected chi connectivity index (χ0v) is 12.3. The van der Waals surface area contributed by atoms with E-state index in [1.165, 1.54) is 10.8 Å². The average Bonchev–Trinajstić information content (AvgIpc) is 2.40. The summed E-state index contributed by atoms with van der Waals surface area (Å²) in [7, 11) is -4.18. The lowest BCUT2D eigenvalue weighted by Gasteiger charge is -2.24. The molecule has 0 radical (unpaired) electrons. The fourth-order valence-corrected chi connectivity index (χ4v) is 2.56. The topological polar surface area (TPSA) is 122 Å². The highest BCUT2D eigenvalue weighted by Crippen LogP contribution is 2.35. The Labute approximate surface area is 120 Å². The van der Waals surface area contributed by atoms with Crippen molar-refractivity contribution in [2.45, 2.75) is 31.9 Å². The number of H-pyrrole nitrogens is 1. The van der Waals surface area contributed by atoms with E-state index in [0.717, 1.165) is 0 Å². The van der Waals surface area contributed by atoms with Gasteiger partial charge in [-0.25, -0.2) is 4.79 Å². The summed E-state index contributed by atoms with van der Waals surface area (Å²) in [5.74, 6) is 0. The normalized spacial score (nSPS) is 22.4. The van der Waals surface area contributed by atoms with Crippen molar-refractivity contribution in [3.05, 3.63) is 44.8 Å². The van der Waals surface area contributed by atoms with Gasteiger partial charge in [-0.3, -0.25) is 18.9 Å². The van der Waals surface area contributed by atoms with Gasteiger partial charge >= 0.3 is 13.3 Å². The highest BCUT2D eigenvalue weighted by Gasteiger charge is 2.21. The van der Waals surface area contributed by atoms with Crippen LogP contribution in [0.15, 0.2) is 27.9 Å². The van der Waals surface area contributed by atoms with Gasteiger partial charge in [0.05, 0.1) is 12.1 Å². The molecular formula is C12H17N2O6P. The van der Waals surface area contributed by atoms with E-state index in [1.807, 2.05) is 0 Å². The quantitative estimate of drug-likeness (QED) is 0.541. The molecule has 1 aliphatic rings. The van der Waals surface area contributed by atoms with Crippen molar-refractivity contribution in [2.75, 3.05) is 6.35 Å². The Kier molecular flexibility index (Phi) is 4.63. The molecule has 1 aliphatic carbocycles. The number of nitrogens with zero attached hydrogens (tertiary/aromatic N) is 1. The van der Waals surface area contributed by atoms with Crippen molar-refractivity contribution in [3.63, 3.8) is 0 Å². The highest BCUT2D eigenvalue weighted by atomic mass is 31.2. The number of allylic oxidation sites excluding steroid dienone is 1. The van der Waals surface area contributed by atoms with Crippen molar-refractivity contribution in [2.24, 2.45) is 0 Å². The number of aryl methyl sites for hydroxylation is 1. The van der Waals surface area contributed by atoms with Gasteiger partial charge in [-0.15, -0.1) is 0 Å². The molecule has 2 atom stereocenters. The summed E-state index contributed by atoms with van der Waals surface area (Å²) >= 11 is 0. The van der Waals surface area contributed by atoms with Crippen LogP contribution in [0, 0.1) is 6.92 Å². The molecule has 21 heavy (non-hydrogen) atoms. The number of ether oxygens (including phenoxy) is 1. The smallest absolute Gasteiger partial charge is 0.351 e. The first-order chi connectivity index (χ1) is 9.76. The largest absolute Gasteiger partial charge is 0.362 e. The number of hydrogen-bond acceptors (Lipinski definition) is 4. The molecule has 8 nitrogen and oxygen atoms in total. The summed E-state index contributed by atoms with van der Waals surface area (Å²) in [6, 6.07) is -0.206. The molecule has 1 aromatic heterocycles. The fourth-order valence-electron chi connectivity index (χ4n) is 2.18. The van der Waals surface area contributed by atoms with Crippen LogP contribution in [0.5, 0.6) is 0 Å². The minimum absolute atomic E-state index is 0.206. The van der Waals surface area contributed by atoms with E-state index in [4.69, 9.17) is 14.5 Å². The minimum Gasteiger partial charge on any atom is -0.362 e. The van der Waals surface area contributed by atoms with Gasteiger partial charge in [0, 0.05) is 11.8 Å². The summed E-state index contributed by atoms with van der Waals surface area (Å²) in [5, 5.41) is 0. The average molecular weight is 316 g/mol. The Bertz CT molecular complexity index is 700. The van der Waals surface area contributed by atoms with E-state index in [0.29, 0.717) is 18.4 Å². The zero-order chi connectivity index (χ0) is 15.6. The molecule has 1 heterocycles. The second kappa shape index (κ2) is 6.11. The minimum atomic E-state index is -4.18. The van der Waals surface area contributed by atoms with Gasteiger partial charge in [-0.05, 0) is 19.8 Å². The Balaban J connectivity index is 2.09. The van der Waals surface area contributed by atoms with E-state index in [1.54, 1.807) is 19.1 Å². The van der Waals surface area contributed by atoms with Crippen LogP contribution < -0.4 is 11.2 Å². The fraction of sp³-hybridized carbons (Fsp3) is 0.500. The monoisotopic (exact) mass is 316 g/mol. The Morgan fingerprint density at radius 2 is 2.10 bits per heavy atom. The highest BCUT2D eigenvalue weighted by molar-refractivity contribution is 7.51. The molecule has 0 amide bonds. The predicted molar refractivity (Wildman–Crippen MR) is 75.3 cm³/mol. The number of aromatic amines is 1. The van der Waals surface area contributed by atoms with Crippen LogP contribution >= 0.6 is 7.60 Å². The van der Waals surface area contributed by atoms with E-state index in [9.17, 15) is 14.2 Å². The van der Waals surface area contributed by atoms with Gasteiger partial charge in [-0.1, -0.05) is 12.2 Å². The van der Waals surface area contributed by atoms with E-state index >= 15 is 0 Å². The van der Waals surface area contributed by atoms with Crippen molar-refractivity contribution < 1.29 is 19.1 Å². The van der Waals surface area contributed by atoms with Crippen molar-refractivity contribution >= 4 is 7.60 Å². The third kappa shape index (κ3) is 4.25. The lowest BCUT2D eigenvalue weighted by Crippen LogP contribution is -2.34. The molecule has 0 spiro atoms. The molecule has 0 unspecified atom stereocenters. The summed E-state index contributed by atoms with van der Waals surface area (Å²) < 4.78 is 17.3. The van der Waals surface area contributed by atoms with Crippen molar-refractivity contribution in [3.8, 4) is 0 Å². The number of nitrogens with one attached hydrogen (secondary N) is 1. The molecule has 0 saturated heterocycles. The number of rotatable bonds is 4. The van der Waals surface area contributed by atoms with Gasteiger partial charge < -0.3 is 14.5 Å². The molecule has 1 aromatic rings. The number of hydrogen-bond donors (Lipinski definition) is 3. The first-order valence-electron chi connectivity index (χ1n) is 6.43. The van der Waals surface area contributed by atoms with Crippen LogP contribution in [0.3, 0.4) is 0 Å². The standard InChI is InChI=1S/C12H17N2O6P/c1-8-6-14(12(16)13-11(8)15)9-2-4-10(5-3-9)20-7-21(17,18)19/h2,4,6,9-10H,3,5,7H2,1H3,(H,13,15,16)(H2,17,18,19)/t9-,10+/m1/s1. The maximum atomic E-state index is 11.8. The molecule has 0 saturated carbocycles. The van der Waals surface area contributed by atoms with Crippen LogP contribution in [-0.2, 0) is 9.30 Å². The van der Waals surface area contributed by atoms with Gasteiger partial charge in [0.2, 0.25) is 0 Å². The van der Waals surface area contributed by atoms with Crippen LogP contribution in [0.25, 0.3) is 0 Å². The van der Waals surface area contributed by atoms with Crippen molar-refractivity contribution in [1.29, 1.82) is 0 Å². The Morgan fingerprint density at radius 3 is 2.67 bits per heavy atom.